The fraction of sp³-hybridized carbons (Fsp3) is 0.368. The summed E-state index contributed by atoms with van der Waals surface area (Å²) in [7, 11) is 1.59. The van der Waals surface area contributed by atoms with Gasteiger partial charge in [-0.25, -0.2) is 9.97 Å². The zero-order chi connectivity index (χ0) is 32.8. The number of ether oxygens (including phenoxy) is 2. The van der Waals surface area contributed by atoms with Crippen LogP contribution in [0.5, 0.6) is 5.75 Å². The van der Waals surface area contributed by atoms with Crippen molar-refractivity contribution in [3.05, 3.63) is 88.5 Å². The van der Waals surface area contributed by atoms with Crippen molar-refractivity contribution in [2.45, 2.75) is 63.6 Å². The van der Waals surface area contributed by atoms with Gasteiger partial charge in [0.1, 0.15) is 23.5 Å². The van der Waals surface area contributed by atoms with Crippen LogP contribution in [0.15, 0.2) is 54.6 Å². The summed E-state index contributed by atoms with van der Waals surface area (Å²) >= 11 is 0. The molecule has 5 aromatic rings. The molecule has 10 nitrogen and oxygen atoms in total. The number of aryl methyl sites for hydroxylation is 1. The van der Waals surface area contributed by atoms with Crippen LogP contribution < -0.4 is 4.74 Å². The molecular formula is C38H38N6O4. The Morgan fingerprint density at radius 2 is 1.44 bits per heavy atom. The number of imidazole rings is 2. The Hall–Kier alpha value is -5.14. The summed E-state index contributed by atoms with van der Waals surface area (Å²) < 4.78 is 11.2. The van der Waals surface area contributed by atoms with Crippen LogP contribution in [0.2, 0.25) is 0 Å². The molecule has 2 N–H and O–H groups in total. The third-order valence-electron chi connectivity index (χ3n) is 9.82. The van der Waals surface area contributed by atoms with E-state index < -0.39 is 0 Å². The van der Waals surface area contributed by atoms with Crippen molar-refractivity contribution < 1.29 is 19.1 Å². The predicted octanol–water partition coefficient (Wildman–Crippen LogP) is 5.98. The van der Waals surface area contributed by atoms with E-state index in [0.717, 1.165) is 95.5 Å². The molecule has 3 saturated heterocycles. The third kappa shape index (κ3) is 5.58. The maximum absolute atomic E-state index is 13.7. The maximum atomic E-state index is 13.7. The van der Waals surface area contributed by atoms with Crippen LogP contribution in [0.3, 0.4) is 0 Å². The quantitative estimate of drug-likeness (QED) is 0.228. The minimum atomic E-state index is -0.320. The zero-order valence-electron chi connectivity index (χ0n) is 27.2. The number of rotatable bonds is 5. The number of amides is 2. The Kier molecular flexibility index (Phi) is 7.85. The molecule has 3 atom stereocenters. The molecule has 3 aliphatic heterocycles. The molecule has 0 bridgehead atoms. The molecule has 48 heavy (non-hydrogen) atoms. The highest BCUT2D eigenvalue weighted by Gasteiger charge is 2.37. The van der Waals surface area contributed by atoms with Crippen molar-refractivity contribution in [3.63, 3.8) is 0 Å². The average Bonchev–Trinajstić information content (AvgIpc) is 3.94. The van der Waals surface area contributed by atoms with Gasteiger partial charge in [0.15, 0.2) is 0 Å². The molecule has 10 heteroatoms. The summed E-state index contributed by atoms with van der Waals surface area (Å²) in [5.74, 6) is 8.83. The zero-order valence-corrected chi connectivity index (χ0v) is 27.2. The van der Waals surface area contributed by atoms with E-state index in [-0.39, 0.29) is 30.0 Å². The number of hydrogen-bond donors (Lipinski definition) is 2. The molecule has 3 aliphatic rings. The number of carbonyl (C=O) groups is 2. The molecule has 0 spiro atoms. The summed E-state index contributed by atoms with van der Waals surface area (Å²) in [5.41, 5.74) is 6.81. The van der Waals surface area contributed by atoms with Gasteiger partial charge in [0, 0.05) is 30.8 Å². The molecular weight excluding hydrogens is 604 g/mol. The highest BCUT2D eigenvalue weighted by atomic mass is 16.5. The van der Waals surface area contributed by atoms with E-state index in [0.29, 0.717) is 24.5 Å². The first kappa shape index (κ1) is 30.2. The maximum Gasteiger partial charge on any atom is 0.258 e. The Labute approximate surface area is 278 Å². The van der Waals surface area contributed by atoms with E-state index in [1.54, 1.807) is 7.11 Å². The number of nitrogens with one attached hydrogen (secondary N) is 2. The summed E-state index contributed by atoms with van der Waals surface area (Å²) in [4.78, 5) is 47.3. The van der Waals surface area contributed by atoms with Crippen molar-refractivity contribution in [2.75, 3.05) is 26.8 Å². The number of likely N-dealkylation sites (tertiary alicyclic amines) is 2. The molecule has 1 unspecified atom stereocenters. The number of methoxy groups -OCH3 is 1. The van der Waals surface area contributed by atoms with E-state index in [1.165, 1.54) is 0 Å². The number of H-pyrrole nitrogens is 2. The van der Waals surface area contributed by atoms with Crippen molar-refractivity contribution in [1.29, 1.82) is 0 Å². The first-order chi connectivity index (χ1) is 23.4. The van der Waals surface area contributed by atoms with Gasteiger partial charge in [0.2, 0.25) is 0 Å². The van der Waals surface area contributed by atoms with Gasteiger partial charge < -0.3 is 29.2 Å². The second kappa shape index (κ2) is 12.5. The topological polar surface area (TPSA) is 116 Å². The van der Waals surface area contributed by atoms with Crippen molar-refractivity contribution in [1.82, 2.24) is 29.7 Å². The minimum absolute atomic E-state index is 0.0425. The van der Waals surface area contributed by atoms with Crippen LogP contribution in [0.1, 0.15) is 89.3 Å². The number of aromatic nitrogens is 4. The molecule has 2 aromatic heterocycles. The molecule has 0 radical (unpaired) electrons. The van der Waals surface area contributed by atoms with E-state index in [1.807, 2.05) is 71.3 Å². The van der Waals surface area contributed by atoms with Crippen LogP contribution in [-0.4, -0.2) is 74.5 Å². The molecule has 8 rings (SSSR count). The lowest BCUT2D eigenvalue weighted by Gasteiger charge is -2.25. The SMILES string of the molecule is COc1ccc(C)cc1C(=O)N1CCC[C@H]1c1nc2ccc(C#Cc3ccc4nc(C5CCCN5C(=O)[C@@H]5CCCO5)[nH]c4c3)cc2[nH]1. The molecule has 0 aliphatic carbocycles. The fourth-order valence-electron chi connectivity index (χ4n) is 7.38. The van der Waals surface area contributed by atoms with Gasteiger partial charge >= 0.3 is 0 Å². The molecule has 244 valence electrons. The van der Waals surface area contributed by atoms with Gasteiger partial charge in [0.05, 0.1) is 46.8 Å². The predicted molar refractivity (Wildman–Crippen MR) is 182 cm³/mol. The standard InChI is InChI=1S/C38H38N6O4/c1-23-9-16-33(47-2)26(20-23)37(45)43-17-3-6-31(43)35-39-27-14-12-24(21-29(27)41-35)10-11-25-13-15-28-30(22-25)42-36(40-28)32-7-4-18-44(32)38(46)34-8-5-19-48-34/h9,12-16,20-22,31-32,34H,3-8,17-19H2,1-2H3,(H,39,41)(H,40,42)/t31-,32?,34-/m0/s1. The second-order valence-electron chi connectivity index (χ2n) is 13.0. The largest absolute Gasteiger partial charge is 0.496 e. The smallest absolute Gasteiger partial charge is 0.258 e. The highest BCUT2D eigenvalue weighted by Crippen LogP contribution is 2.35. The number of aromatic amines is 2. The van der Waals surface area contributed by atoms with E-state index >= 15 is 0 Å². The summed E-state index contributed by atoms with van der Waals surface area (Å²) in [6.45, 7) is 4.04. The third-order valence-corrected chi connectivity index (χ3v) is 9.82. The summed E-state index contributed by atoms with van der Waals surface area (Å²) in [5, 5.41) is 0. The van der Waals surface area contributed by atoms with Gasteiger partial charge in [-0.3, -0.25) is 9.59 Å². The number of carbonyl (C=O) groups excluding carboxylic acids is 2. The molecule has 3 aromatic carbocycles. The second-order valence-corrected chi connectivity index (χ2v) is 13.0. The van der Waals surface area contributed by atoms with Crippen LogP contribution in [0, 0.1) is 18.8 Å². The average molecular weight is 643 g/mol. The van der Waals surface area contributed by atoms with Crippen LogP contribution >= 0.6 is 0 Å². The van der Waals surface area contributed by atoms with Gasteiger partial charge in [-0.1, -0.05) is 23.5 Å². The normalized spacial score (nSPS) is 20.8. The first-order valence-corrected chi connectivity index (χ1v) is 16.8. The first-order valence-electron chi connectivity index (χ1n) is 16.8. The minimum Gasteiger partial charge on any atom is -0.496 e. The monoisotopic (exact) mass is 642 g/mol. The number of fused-ring (bicyclic) bond motifs is 2. The van der Waals surface area contributed by atoms with Crippen molar-refractivity contribution in [2.24, 2.45) is 0 Å². The fourth-order valence-corrected chi connectivity index (χ4v) is 7.38. The Morgan fingerprint density at radius 3 is 2.04 bits per heavy atom. The van der Waals surface area contributed by atoms with Gasteiger partial charge in [0.25, 0.3) is 11.8 Å². The lowest BCUT2D eigenvalue weighted by Crippen LogP contribution is -2.38. The van der Waals surface area contributed by atoms with Gasteiger partial charge in [-0.05, 0) is 94.0 Å². The van der Waals surface area contributed by atoms with Crippen molar-refractivity contribution >= 4 is 33.9 Å². The molecule has 5 heterocycles. The summed E-state index contributed by atoms with van der Waals surface area (Å²) in [6, 6.07) is 17.4. The van der Waals surface area contributed by atoms with E-state index in [9.17, 15) is 9.59 Å². The van der Waals surface area contributed by atoms with Gasteiger partial charge in [-0.2, -0.15) is 0 Å². The Balaban J connectivity index is 1.00. The molecule has 3 fully saturated rings. The van der Waals surface area contributed by atoms with Gasteiger partial charge in [-0.15, -0.1) is 0 Å². The van der Waals surface area contributed by atoms with Crippen LogP contribution in [0.25, 0.3) is 22.1 Å². The van der Waals surface area contributed by atoms with Crippen LogP contribution in [0.4, 0.5) is 0 Å². The lowest BCUT2D eigenvalue weighted by atomic mass is 10.1. The lowest BCUT2D eigenvalue weighted by molar-refractivity contribution is -0.142. The van der Waals surface area contributed by atoms with E-state index in [2.05, 4.69) is 21.8 Å². The van der Waals surface area contributed by atoms with Crippen molar-refractivity contribution in [3.8, 4) is 17.6 Å². The Morgan fingerprint density at radius 1 is 0.812 bits per heavy atom. The molecule has 2 amide bonds. The Bertz CT molecular complexity index is 2100. The molecule has 0 saturated carbocycles. The van der Waals surface area contributed by atoms with Crippen LogP contribution in [-0.2, 0) is 9.53 Å². The number of hydrogen-bond acceptors (Lipinski definition) is 6. The number of nitrogens with zero attached hydrogens (tertiary/aromatic N) is 4. The number of benzene rings is 3. The summed E-state index contributed by atoms with van der Waals surface area (Å²) in [6.07, 6.45) is 5.01. The highest BCUT2D eigenvalue weighted by molar-refractivity contribution is 5.97. The van der Waals surface area contributed by atoms with E-state index in [4.69, 9.17) is 19.4 Å².